The van der Waals surface area contributed by atoms with E-state index in [9.17, 15) is 0 Å². The molecule has 0 aromatic carbocycles. The highest BCUT2D eigenvalue weighted by atomic mass is 16.5. The molecule has 8 nitrogen and oxygen atoms in total. The van der Waals surface area contributed by atoms with Crippen LogP contribution in [0.3, 0.4) is 0 Å². The maximum Gasteiger partial charge on any atom is 0.197 e. The zero-order chi connectivity index (χ0) is 22.9. The van der Waals surface area contributed by atoms with Crippen molar-refractivity contribution < 1.29 is 4.74 Å². The van der Waals surface area contributed by atoms with Crippen molar-refractivity contribution in [3.63, 3.8) is 0 Å². The van der Waals surface area contributed by atoms with Gasteiger partial charge in [0.1, 0.15) is 12.1 Å². The van der Waals surface area contributed by atoms with E-state index in [2.05, 4.69) is 64.7 Å². The Morgan fingerprint density at radius 2 is 1.88 bits per heavy atom. The molecule has 6 heterocycles. The number of hydrogen-bond acceptors (Lipinski definition) is 6. The maximum absolute atomic E-state index is 5.59. The number of aromatic amines is 1. The first-order valence-electron chi connectivity index (χ1n) is 11.8. The molecule has 33 heavy (non-hydrogen) atoms. The van der Waals surface area contributed by atoms with E-state index in [0.29, 0.717) is 28.8 Å². The lowest BCUT2D eigenvalue weighted by atomic mass is 9.72. The van der Waals surface area contributed by atoms with Gasteiger partial charge >= 0.3 is 0 Å². The van der Waals surface area contributed by atoms with Gasteiger partial charge in [-0.25, -0.2) is 14.5 Å². The Morgan fingerprint density at radius 3 is 2.58 bits per heavy atom. The molecule has 0 bridgehead atoms. The molecule has 4 aromatic rings. The van der Waals surface area contributed by atoms with E-state index < -0.39 is 0 Å². The van der Waals surface area contributed by atoms with Crippen LogP contribution in [0.25, 0.3) is 27.9 Å². The Morgan fingerprint density at radius 1 is 1.09 bits per heavy atom. The number of likely N-dealkylation sites (tertiary alicyclic amines) is 1. The van der Waals surface area contributed by atoms with E-state index in [1.165, 1.54) is 18.7 Å². The molecule has 0 radical (unpaired) electrons. The van der Waals surface area contributed by atoms with Gasteiger partial charge in [-0.3, -0.25) is 4.90 Å². The molecule has 1 spiro atoms. The van der Waals surface area contributed by atoms with Gasteiger partial charge in [0, 0.05) is 55.0 Å². The topological polar surface area (TPSA) is 74.6 Å². The van der Waals surface area contributed by atoms with E-state index in [-0.39, 0.29) is 0 Å². The summed E-state index contributed by atoms with van der Waals surface area (Å²) in [5, 5.41) is 4.33. The van der Waals surface area contributed by atoms with Crippen LogP contribution in [-0.2, 0) is 0 Å². The van der Waals surface area contributed by atoms with Crippen LogP contribution >= 0.6 is 0 Å². The van der Waals surface area contributed by atoms with Crippen LogP contribution in [0.5, 0.6) is 5.75 Å². The average molecular weight is 446 g/mol. The minimum Gasteiger partial charge on any atom is -0.493 e. The Hall–Kier alpha value is -3.13. The van der Waals surface area contributed by atoms with Gasteiger partial charge in [-0.15, -0.1) is 0 Å². The summed E-state index contributed by atoms with van der Waals surface area (Å²) in [4.78, 5) is 18.1. The molecule has 6 rings (SSSR count). The summed E-state index contributed by atoms with van der Waals surface area (Å²) in [6.07, 6.45) is 3.55. The SMILES string of the molecule is COc1cc(-c2[nH]c3ccc(N4CC5(C4)CN(C(C)C)C5)nc3c2C(C)C)cn2ncnc12. The van der Waals surface area contributed by atoms with Crippen molar-refractivity contribution >= 4 is 22.5 Å². The van der Waals surface area contributed by atoms with Gasteiger partial charge in [0.25, 0.3) is 0 Å². The first kappa shape index (κ1) is 20.5. The number of pyridine rings is 2. The van der Waals surface area contributed by atoms with Crippen molar-refractivity contribution in [1.29, 1.82) is 0 Å². The lowest BCUT2D eigenvalue weighted by Crippen LogP contribution is -2.73. The summed E-state index contributed by atoms with van der Waals surface area (Å²) in [5.74, 6) is 2.09. The highest BCUT2D eigenvalue weighted by Crippen LogP contribution is 2.43. The molecule has 2 aliphatic rings. The van der Waals surface area contributed by atoms with Gasteiger partial charge in [-0.05, 0) is 38.0 Å². The molecule has 172 valence electrons. The van der Waals surface area contributed by atoms with Crippen molar-refractivity contribution in [3.8, 4) is 17.0 Å². The Labute approximate surface area is 193 Å². The number of nitrogens with zero attached hydrogens (tertiary/aromatic N) is 6. The molecule has 1 N–H and O–H groups in total. The summed E-state index contributed by atoms with van der Waals surface area (Å²) < 4.78 is 7.36. The van der Waals surface area contributed by atoms with Gasteiger partial charge in [0.2, 0.25) is 0 Å². The number of hydrogen-bond donors (Lipinski definition) is 1. The molecule has 8 heteroatoms. The lowest BCUT2D eigenvalue weighted by molar-refractivity contribution is -0.0414. The van der Waals surface area contributed by atoms with Gasteiger partial charge in [0.05, 0.1) is 23.8 Å². The summed E-state index contributed by atoms with van der Waals surface area (Å²) >= 11 is 0. The summed E-state index contributed by atoms with van der Waals surface area (Å²) in [7, 11) is 1.67. The van der Waals surface area contributed by atoms with Crippen LogP contribution in [0, 0.1) is 5.41 Å². The molecular formula is C25H31N7O. The van der Waals surface area contributed by atoms with Crippen LogP contribution in [0.1, 0.15) is 39.2 Å². The van der Waals surface area contributed by atoms with Crippen LogP contribution < -0.4 is 9.64 Å². The predicted molar refractivity (Wildman–Crippen MR) is 130 cm³/mol. The minimum absolute atomic E-state index is 0.308. The maximum atomic E-state index is 5.59. The Balaban J connectivity index is 1.36. The Bertz CT molecular complexity index is 1340. The number of rotatable bonds is 5. The van der Waals surface area contributed by atoms with Crippen molar-refractivity contribution in [1.82, 2.24) is 29.5 Å². The van der Waals surface area contributed by atoms with E-state index in [4.69, 9.17) is 9.72 Å². The second-order valence-electron chi connectivity index (χ2n) is 10.3. The molecule has 2 aliphatic heterocycles. The second-order valence-corrected chi connectivity index (χ2v) is 10.3. The predicted octanol–water partition coefficient (Wildman–Crippen LogP) is 3.94. The van der Waals surface area contributed by atoms with Crippen molar-refractivity contribution in [2.24, 2.45) is 5.41 Å². The standard InChI is InChI=1S/C25H31N7O/c1-15(2)21-22(17-8-19(33-5)24-26-14-27-32(24)9-17)28-18-6-7-20(29-23(18)21)31-12-25(13-31)10-30(11-25)16(3)4/h6-9,14-16,28H,10-13H2,1-5H3. The summed E-state index contributed by atoms with van der Waals surface area (Å²) in [5.41, 5.74) is 6.58. The molecular weight excluding hydrogens is 414 g/mol. The lowest BCUT2D eigenvalue weighted by Gasteiger charge is -2.61. The monoisotopic (exact) mass is 445 g/mol. The quantitative estimate of drug-likeness (QED) is 0.502. The zero-order valence-electron chi connectivity index (χ0n) is 20.0. The van der Waals surface area contributed by atoms with Crippen LogP contribution in [0.4, 0.5) is 5.82 Å². The molecule has 0 atom stereocenters. The number of anilines is 1. The number of fused-ring (bicyclic) bond motifs is 2. The summed E-state index contributed by atoms with van der Waals surface area (Å²) in [6, 6.07) is 6.99. The highest BCUT2D eigenvalue weighted by Gasteiger charge is 2.52. The molecule has 2 fully saturated rings. The van der Waals surface area contributed by atoms with Crippen molar-refractivity contribution in [3.05, 3.63) is 36.3 Å². The third-order valence-electron chi connectivity index (χ3n) is 7.28. The molecule has 0 amide bonds. The van der Waals surface area contributed by atoms with E-state index in [1.54, 1.807) is 18.0 Å². The number of aromatic nitrogens is 5. The smallest absolute Gasteiger partial charge is 0.197 e. The largest absolute Gasteiger partial charge is 0.493 e. The fraction of sp³-hybridized carbons (Fsp3) is 0.480. The van der Waals surface area contributed by atoms with Gasteiger partial charge in [-0.1, -0.05) is 13.8 Å². The van der Waals surface area contributed by atoms with E-state index in [0.717, 1.165) is 41.2 Å². The fourth-order valence-corrected chi connectivity index (χ4v) is 5.53. The first-order valence-corrected chi connectivity index (χ1v) is 11.8. The number of H-pyrrole nitrogens is 1. The van der Waals surface area contributed by atoms with Crippen molar-refractivity contribution in [2.45, 2.75) is 39.7 Å². The summed E-state index contributed by atoms with van der Waals surface area (Å²) in [6.45, 7) is 13.6. The number of ether oxygens (including phenoxy) is 1. The van der Waals surface area contributed by atoms with Gasteiger partial charge < -0.3 is 14.6 Å². The molecule has 2 saturated heterocycles. The van der Waals surface area contributed by atoms with Crippen LogP contribution in [0.2, 0.25) is 0 Å². The zero-order valence-corrected chi connectivity index (χ0v) is 20.0. The van der Waals surface area contributed by atoms with E-state index >= 15 is 0 Å². The van der Waals surface area contributed by atoms with Gasteiger partial charge in [0.15, 0.2) is 11.4 Å². The average Bonchev–Trinajstić information content (AvgIpc) is 3.34. The van der Waals surface area contributed by atoms with Crippen LogP contribution in [-0.4, -0.2) is 68.8 Å². The van der Waals surface area contributed by atoms with Crippen molar-refractivity contribution in [2.75, 3.05) is 38.2 Å². The first-order chi connectivity index (χ1) is 15.9. The third kappa shape index (κ3) is 3.11. The molecule has 0 unspecified atom stereocenters. The molecule has 0 saturated carbocycles. The fourth-order valence-electron chi connectivity index (χ4n) is 5.53. The molecule has 0 aliphatic carbocycles. The molecule has 4 aromatic heterocycles. The number of nitrogens with one attached hydrogen (secondary N) is 1. The number of methoxy groups -OCH3 is 1. The highest BCUT2D eigenvalue weighted by molar-refractivity contribution is 5.90. The van der Waals surface area contributed by atoms with E-state index in [1.807, 2.05) is 12.3 Å². The minimum atomic E-state index is 0.308. The normalized spacial score (nSPS) is 18.0. The van der Waals surface area contributed by atoms with Crippen LogP contribution in [0.15, 0.2) is 30.7 Å². The van der Waals surface area contributed by atoms with Gasteiger partial charge in [-0.2, -0.15) is 5.10 Å². The second kappa shape index (κ2) is 7.18. The third-order valence-corrected chi connectivity index (χ3v) is 7.28. The Kier molecular flexibility index (Phi) is 4.46.